The molecule has 0 saturated heterocycles. The molecule has 0 bridgehead atoms. The lowest BCUT2D eigenvalue weighted by Gasteiger charge is -2.16. The largest absolute Gasteiger partial charge is 0.329 e. The van der Waals surface area contributed by atoms with Crippen molar-refractivity contribution in [3.8, 4) is 0 Å². The fourth-order valence-electron chi connectivity index (χ4n) is 1.68. The smallest absolute Gasteiger partial charge is 0.0478 e. The second-order valence-corrected chi connectivity index (χ2v) is 6.87. The first-order chi connectivity index (χ1) is 8.70. The van der Waals surface area contributed by atoms with Gasteiger partial charge in [0.1, 0.15) is 0 Å². The summed E-state index contributed by atoms with van der Waals surface area (Å²) in [5.74, 6) is 0. The summed E-state index contributed by atoms with van der Waals surface area (Å²) in [6.45, 7) is 0.611. The molecular weight excluding hydrogens is 374 g/mol. The fraction of sp³-hybridized carbons (Fsp3) is 0.143. The summed E-state index contributed by atoms with van der Waals surface area (Å²) in [5, 5.41) is 0.259. The van der Waals surface area contributed by atoms with Crippen LogP contribution in [-0.4, -0.2) is 6.54 Å². The van der Waals surface area contributed by atoms with Gasteiger partial charge in [-0.3, -0.25) is 0 Å². The van der Waals surface area contributed by atoms with Crippen LogP contribution in [0.15, 0.2) is 62.4 Å². The summed E-state index contributed by atoms with van der Waals surface area (Å²) >= 11 is 8.86. The third-order valence-electron chi connectivity index (χ3n) is 2.54. The van der Waals surface area contributed by atoms with Crippen LogP contribution < -0.4 is 5.73 Å². The Hall–Kier alpha value is -0.290. The molecule has 1 atom stereocenters. The Bertz CT molecular complexity index is 531. The molecule has 0 fully saturated rings. The van der Waals surface area contributed by atoms with Crippen molar-refractivity contribution in [2.75, 3.05) is 6.54 Å². The van der Waals surface area contributed by atoms with Crippen LogP contribution in [-0.2, 0) is 0 Å². The number of hydrogen-bond donors (Lipinski definition) is 1. The van der Waals surface area contributed by atoms with Gasteiger partial charge in [0.25, 0.3) is 0 Å². The quantitative estimate of drug-likeness (QED) is 0.748. The van der Waals surface area contributed by atoms with Crippen molar-refractivity contribution in [3.05, 3.63) is 63.0 Å². The average Bonchev–Trinajstić information content (AvgIpc) is 2.37. The molecule has 2 N–H and O–H groups in total. The monoisotopic (exact) mass is 385 g/mol. The minimum absolute atomic E-state index is 0.259. The predicted molar refractivity (Wildman–Crippen MR) is 85.9 cm³/mol. The van der Waals surface area contributed by atoms with E-state index in [0.29, 0.717) is 6.54 Å². The maximum absolute atomic E-state index is 5.91. The first-order valence-corrected chi connectivity index (χ1v) is 8.04. The molecule has 18 heavy (non-hydrogen) atoms. The normalized spacial score (nSPS) is 12.4. The standard InChI is InChI=1S/C14H13Br2NS/c15-10-4-3-5-11(8-10)18-14(9-17)12-6-1-2-7-13(12)16/h1-8,14H,9,17H2. The lowest BCUT2D eigenvalue weighted by molar-refractivity contribution is 0.935. The summed E-state index contributed by atoms with van der Waals surface area (Å²) in [5.41, 5.74) is 7.15. The molecule has 0 saturated carbocycles. The summed E-state index contributed by atoms with van der Waals surface area (Å²) in [6.07, 6.45) is 0. The highest BCUT2D eigenvalue weighted by atomic mass is 79.9. The van der Waals surface area contributed by atoms with Gasteiger partial charge in [0.2, 0.25) is 0 Å². The Morgan fingerprint density at radius 2 is 1.83 bits per heavy atom. The van der Waals surface area contributed by atoms with Gasteiger partial charge in [-0.1, -0.05) is 56.1 Å². The summed E-state index contributed by atoms with van der Waals surface area (Å²) < 4.78 is 2.21. The van der Waals surface area contributed by atoms with E-state index in [1.165, 1.54) is 10.5 Å². The molecule has 2 aromatic carbocycles. The van der Waals surface area contributed by atoms with Crippen molar-refractivity contribution in [1.29, 1.82) is 0 Å². The summed E-state index contributed by atoms with van der Waals surface area (Å²) in [6, 6.07) is 16.5. The zero-order chi connectivity index (χ0) is 13.0. The molecule has 2 rings (SSSR count). The van der Waals surface area contributed by atoms with Crippen molar-refractivity contribution >= 4 is 43.6 Å². The van der Waals surface area contributed by atoms with Crippen LogP contribution in [0.3, 0.4) is 0 Å². The molecule has 0 heterocycles. The SMILES string of the molecule is NCC(Sc1cccc(Br)c1)c1ccccc1Br. The number of hydrogen-bond acceptors (Lipinski definition) is 2. The van der Waals surface area contributed by atoms with Gasteiger partial charge in [-0.15, -0.1) is 11.8 Å². The van der Waals surface area contributed by atoms with E-state index < -0.39 is 0 Å². The average molecular weight is 387 g/mol. The molecule has 94 valence electrons. The van der Waals surface area contributed by atoms with Crippen LogP contribution >= 0.6 is 43.6 Å². The molecule has 1 nitrogen and oxygen atoms in total. The van der Waals surface area contributed by atoms with Crippen LogP contribution in [0.2, 0.25) is 0 Å². The van der Waals surface area contributed by atoms with Crippen molar-refractivity contribution in [3.63, 3.8) is 0 Å². The van der Waals surface area contributed by atoms with E-state index in [0.717, 1.165) is 8.95 Å². The van der Waals surface area contributed by atoms with E-state index in [9.17, 15) is 0 Å². The first-order valence-electron chi connectivity index (χ1n) is 5.57. The molecule has 0 aromatic heterocycles. The Kier molecular flexibility index (Phi) is 5.30. The van der Waals surface area contributed by atoms with Gasteiger partial charge in [0.15, 0.2) is 0 Å². The number of rotatable bonds is 4. The second-order valence-electron chi connectivity index (χ2n) is 3.82. The molecule has 0 aliphatic carbocycles. The van der Waals surface area contributed by atoms with E-state index in [4.69, 9.17) is 5.73 Å². The Labute approximate surface area is 128 Å². The van der Waals surface area contributed by atoms with E-state index in [2.05, 4.69) is 56.1 Å². The third kappa shape index (κ3) is 3.60. The van der Waals surface area contributed by atoms with Gasteiger partial charge in [-0.2, -0.15) is 0 Å². The molecule has 1 unspecified atom stereocenters. The van der Waals surface area contributed by atoms with E-state index in [-0.39, 0.29) is 5.25 Å². The highest BCUT2D eigenvalue weighted by molar-refractivity contribution is 9.10. The topological polar surface area (TPSA) is 26.0 Å². The lowest BCUT2D eigenvalue weighted by atomic mass is 10.1. The van der Waals surface area contributed by atoms with E-state index in [1.807, 2.05) is 24.3 Å². The van der Waals surface area contributed by atoms with Crippen molar-refractivity contribution in [1.82, 2.24) is 0 Å². The molecule has 0 aliphatic rings. The number of thioether (sulfide) groups is 1. The predicted octanol–water partition coefficient (Wildman–Crippen LogP) is 5.00. The first kappa shape index (κ1) is 14.1. The summed E-state index contributed by atoms with van der Waals surface area (Å²) in [7, 11) is 0. The van der Waals surface area contributed by atoms with Crippen LogP contribution in [0, 0.1) is 0 Å². The molecule has 2 aromatic rings. The molecule has 4 heteroatoms. The van der Waals surface area contributed by atoms with E-state index in [1.54, 1.807) is 11.8 Å². The zero-order valence-corrected chi connectivity index (χ0v) is 13.6. The third-order valence-corrected chi connectivity index (χ3v) is 5.01. The highest BCUT2D eigenvalue weighted by Gasteiger charge is 2.14. The van der Waals surface area contributed by atoms with Crippen LogP contribution in [0.25, 0.3) is 0 Å². The van der Waals surface area contributed by atoms with Crippen molar-refractivity contribution in [2.24, 2.45) is 5.73 Å². The van der Waals surface area contributed by atoms with Gasteiger partial charge < -0.3 is 5.73 Å². The Morgan fingerprint density at radius 1 is 1.06 bits per heavy atom. The van der Waals surface area contributed by atoms with Crippen molar-refractivity contribution < 1.29 is 0 Å². The zero-order valence-electron chi connectivity index (χ0n) is 9.64. The summed E-state index contributed by atoms with van der Waals surface area (Å²) in [4.78, 5) is 1.22. The number of benzene rings is 2. The van der Waals surface area contributed by atoms with Crippen LogP contribution in [0.4, 0.5) is 0 Å². The minimum atomic E-state index is 0.259. The van der Waals surface area contributed by atoms with Gasteiger partial charge in [-0.25, -0.2) is 0 Å². The van der Waals surface area contributed by atoms with Gasteiger partial charge in [-0.05, 0) is 29.8 Å². The lowest BCUT2D eigenvalue weighted by Crippen LogP contribution is -2.09. The van der Waals surface area contributed by atoms with Crippen molar-refractivity contribution in [2.45, 2.75) is 10.1 Å². The molecular formula is C14H13Br2NS. The number of nitrogens with two attached hydrogens (primary N) is 1. The Morgan fingerprint density at radius 3 is 2.50 bits per heavy atom. The minimum Gasteiger partial charge on any atom is -0.329 e. The molecule has 0 amide bonds. The molecule has 0 spiro atoms. The molecule has 0 aliphatic heterocycles. The van der Waals surface area contributed by atoms with Gasteiger partial charge >= 0.3 is 0 Å². The second kappa shape index (κ2) is 6.75. The van der Waals surface area contributed by atoms with Crippen LogP contribution in [0.5, 0.6) is 0 Å². The maximum atomic E-state index is 5.91. The maximum Gasteiger partial charge on any atom is 0.0478 e. The van der Waals surface area contributed by atoms with Gasteiger partial charge in [0.05, 0.1) is 0 Å². The van der Waals surface area contributed by atoms with E-state index >= 15 is 0 Å². The Balaban J connectivity index is 2.23. The highest BCUT2D eigenvalue weighted by Crippen LogP contribution is 2.38. The number of halogens is 2. The van der Waals surface area contributed by atoms with Crippen LogP contribution in [0.1, 0.15) is 10.8 Å². The molecule has 0 radical (unpaired) electrons. The fourth-order valence-corrected chi connectivity index (χ4v) is 4.05. The van der Waals surface area contributed by atoms with Gasteiger partial charge in [0, 0.05) is 25.6 Å².